The van der Waals surface area contributed by atoms with Crippen LogP contribution in [0.3, 0.4) is 0 Å². The van der Waals surface area contributed by atoms with Crippen LogP contribution < -0.4 is 0 Å². The van der Waals surface area contributed by atoms with Gasteiger partial charge in [0.15, 0.2) is 5.78 Å². The molecule has 2 rings (SSSR count). The molecule has 0 aliphatic carbocycles. The summed E-state index contributed by atoms with van der Waals surface area (Å²) in [4.78, 5) is 23.0. The molecule has 0 fully saturated rings. The molecule has 0 heterocycles. The van der Waals surface area contributed by atoms with Crippen molar-refractivity contribution in [1.82, 2.24) is 0 Å². The summed E-state index contributed by atoms with van der Waals surface area (Å²) >= 11 is 0. The molecule has 0 amide bonds. The van der Waals surface area contributed by atoms with Gasteiger partial charge < -0.3 is 0 Å². The number of aryl methyl sites for hydroxylation is 2. The van der Waals surface area contributed by atoms with Gasteiger partial charge in [0.1, 0.15) is 0 Å². The van der Waals surface area contributed by atoms with Gasteiger partial charge in [0.25, 0.3) is 0 Å². The minimum absolute atomic E-state index is 0.0527. The van der Waals surface area contributed by atoms with E-state index in [1.807, 2.05) is 49.4 Å². The average molecular weight is 297 g/mol. The molecule has 2 aromatic rings. The van der Waals surface area contributed by atoms with Crippen LogP contribution in [0.15, 0.2) is 54.6 Å². The molecule has 0 saturated heterocycles. The van der Waals surface area contributed by atoms with Crippen molar-refractivity contribution >= 4 is 5.78 Å². The maximum absolute atomic E-state index is 12.2. The normalized spacial score (nSPS) is 11.9. The van der Waals surface area contributed by atoms with Crippen LogP contribution in [0.1, 0.15) is 34.3 Å². The molecule has 0 aromatic heterocycles. The van der Waals surface area contributed by atoms with Crippen molar-refractivity contribution in [3.63, 3.8) is 0 Å². The summed E-state index contributed by atoms with van der Waals surface area (Å²) in [5.74, 6) is -0.172. The summed E-state index contributed by atoms with van der Waals surface area (Å²) in [6.45, 7) is 1.94. The molecule has 0 aliphatic rings. The molecule has 2 aromatic carbocycles. The number of rotatable bonds is 7. The van der Waals surface area contributed by atoms with Crippen molar-refractivity contribution in [2.24, 2.45) is 0 Å². The highest BCUT2D eigenvalue weighted by atomic mass is 16.6. The second-order valence-electron chi connectivity index (χ2n) is 5.46. The highest BCUT2D eigenvalue weighted by Crippen LogP contribution is 2.14. The molecule has 1 unspecified atom stereocenters. The molecule has 0 aliphatic heterocycles. The number of hydrogen-bond donors (Lipinski definition) is 0. The summed E-state index contributed by atoms with van der Waals surface area (Å²) in [7, 11) is 0. The van der Waals surface area contributed by atoms with E-state index in [1.165, 1.54) is 0 Å². The van der Waals surface area contributed by atoms with E-state index in [-0.39, 0.29) is 17.1 Å². The Morgan fingerprint density at radius 2 is 1.73 bits per heavy atom. The highest BCUT2D eigenvalue weighted by molar-refractivity contribution is 5.96. The lowest BCUT2D eigenvalue weighted by atomic mass is 9.98. The number of nitro groups is 1. The van der Waals surface area contributed by atoms with E-state index in [1.54, 1.807) is 12.1 Å². The summed E-state index contributed by atoms with van der Waals surface area (Å²) < 4.78 is 0. The van der Waals surface area contributed by atoms with Crippen molar-refractivity contribution in [2.75, 3.05) is 0 Å². The summed E-state index contributed by atoms with van der Waals surface area (Å²) in [6.07, 6.45) is 0.922. The van der Waals surface area contributed by atoms with Gasteiger partial charge in [-0.3, -0.25) is 14.9 Å². The first kappa shape index (κ1) is 15.9. The Morgan fingerprint density at radius 1 is 1.09 bits per heavy atom. The monoisotopic (exact) mass is 297 g/mol. The van der Waals surface area contributed by atoms with E-state index in [0.717, 1.165) is 11.1 Å². The predicted molar refractivity (Wildman–Crippen MR) is 85.7 cm³/mol. The maximum atomic E-state index is 12.2. The maximum Gasteiger partial charge on any atom is 0.220 e. The van der Waals surface area contributed by atoms with E-state index < -0.39 is 6.04 Å². The fourth-order valence-electron chi connectivity index (χ4n) is 2.33. The van der Waals surface area contributed by atoms with Crippen LogP contribution in [0.25, 0.3) is 0 Å². The Balaban J connectivity index is 1.98. The topological polar surface area (TPSA) is 60.2 Å². The average Bonchev–Trinajstić information content (AvgIpc) is 2.52. The lowest BCUT2D eigenvalue weighted by molar-refractivity contribution is -0.521. The smallest absolute Gasteiger partial charge is 0.220 e. The third kappa shape index (κ3) is 4.52. The first-order chi connectivity index (χ1) is 10.6. The van der Waals surface area contributed by atoms with Crippen LogP contribution in [-0.2, 0) is 6.42 Å². The number of hydrogen-bond acceptors (Lipinski definition) is 3. The third-order valence-electron chi connectivity index (χ3n) is 3.70. The standard InChI is InChI=1S/C18H19NO3/c1-14-7-10-16(11-8-14)18(20)13-17(19(21)22)12-9-15-5-3-2-4-6-15/h2-8,10-11,17H,9,12-13H2,1H3. The summed E-state index contributed by atoms with van der Waals surface area (Å²) in [6, 6.07) is 15.9. The third-order valence-corrected chi connectivity index (χ3v) is 3.70. The zero-order chi connectivity index (χ0) is 15.9. The van der Waals surface area contributed by atoms with Gasteiger partial charge in [-0.1, -0.05) is 60.2 Å². The summed E-state index contributed by atoms with van der Waals surface area (Å²) in [5, 5.41) is 11.2. The van der Waals surface area contributed by atoms with Crippen LogP contribution in [-0.4, -0.2) is 16.7 Å². The molecule has 0 N–H and O–H groups in total. The van der Waals surface area contributed by atoms with Crippen molar-refractivity contribution in [2.45, 2.75) is 32.2 Å². The molecule has 0 bridgehead atoms. The number of Topliss-reactive ketones (excluding diaryl/α,β-unsaturated/α-hetero) is 1. The minimum Gasteiger partial charge on any atom is -0.294 e. The van der Waals surface area contributed by atoms with Gasteiger partial charge in [-0.05, 0) is 18.9 Å². The lowest BCUT2D eigenvalue weighted by Crippen LogP contribution is -2.24. The predicted octanol–water partition coefficient (Wildman–Crippen LogP) is 3.85. The van der Waals surface area contributed by atoms with Crippen LogP contribution in [0, 0.1) is 17.0 Å². The quantitative estimate of drug-likeness (QED) is 0.443. The van der Waals surface area contributed by atoms with Gasteiger partial charge in [-0.2, -0.15) is 0 Å². The Hall–Kier alpha value is -2.49. The van der Waals surface area contributed by atoms with Gasteiger partial charge >= 0.3 is 0 Å². The molecule has 22 heavy (non-hydrogen) atoms. The Bertz CT molecular complexity index is 635. The molecule has 1 atom stereocenters. The van der Waals surface area contributed by atoms with Gasteiger partial charge in [0, 0.05) is 16.9 Å². The lowest BCUT2D eigenvalue weighted by Gasteiger charge is -2.09. The van der Waals surface area contributed by atoms with E-state index in [4.69, 9.17) is 0 Å². The van der Waals surface area contributed by atoms with E-state index in [0.29, 0.717) is 18.4 Å². The second-order valence-corrected chi connectivity index (χ2v) is 5.46. The number of carbonyl (C=O) groups is 1. The zero-order valence-corrected chi connectivity index (χ0v) is 12.6. The van der Waals surface area contributed by atoms with Gasteiger partial charge in [0.05, 0.1) is 6.42 Å². The van der Waals surface area contributed by atoms with E-state index in [9.17, 15) is 14.9 Å². The molecular formula is C18H19NO3. The molecule has 4 heteroatoms. The fraction of sp³-hybridized carbons (Fsp3) is 0.278. The first-order valence-corrected chi connectivity index (χ1v) is 7.33. The largest absolute Gasteiger partial charge is 0.294 e. The van der Waals surface area contributed by atoms with Crippen LogP contribution in [0.2, 0.25) is 0 Å². The van der Waals surface area contributed by atoms with E-state index >= 15 is 0 Å². The Labute approximate surface area is 129 Å². The van der Waals surface area contributed by atoms with E-state index in [2.05, 4.69) is 0 Å². The van der Waals surface area contributed by atoms with Crippen LogP contribution in [0.4, 0.5) is 0 Å². The van der Waals surface area contributed by atoms with Gasteiger partial charge in [0.2, 0.25) is 6.04 Å². The SMILES string of the molecule is Cc1ccc(C(=O)CC(CCc2ccccc2)[N+](=O)[O-])cc1. The number of carbonyl (C=O) groups excluding carboxylic acids is 1. The molecule has 0 spiro atoms. The number of ketones is 1. The zero-order valence-electron chi connectivity index (χ0n) is 12.6. The number of nitrogens with zero attached hydrogens (tertiary/aromatic N) is 1. The molecule has 0 radical (unpaired) electrons. The van der Waals surface area contributed by atoms with Crippen molar-refractivity contribution in [1.29, 1.82) is 0 Å². The highest BCUT2D eigenvalue weighted by Gasteiger charge is 2.24. The van der Waals surface area contributed by atoms with Gasteiger partial charge in [-0.15, -0.1) is 0 Å². The Morgan fingerprint density at radius 3 is 2.32 bits per heavy atom. The molecule has 0 saturated carbocycles. The molecule has 114 valence electrons. The van der Waals surface area contributed by atoms with Crippen LogP contribution in [0.5, 0.6) is 0 Å². The molecule has 4 nitrogen and oxygen atoms in total. The number of benzene rings is 2. The fourth-order valence-corrected chi connectivity index (χ4v) is 2.33. The minimum atomic E-state index is -0.839. The summed E-state index contributed by atoms with van der Waals surface area (Å²) in [5.41, 5.74) is 2.65. The second kappa shape index (κ2) is 7.50. The van der Waals surface area contributed by atoms with Gasteiger partial charge in [-0.25, -0.2) is 0 Å². The van der Waals surface area contributed by atoms with Crippen molar-refractivity contribution < 1.29 is 9.72 Å². The van der Waals surface area contributed by atoms with Crippen molar-refractivity contribution in [3.8, 4) is 0 Å². The Kier molecular flexibility index (Phi) is 5.42. The molecular weight excluding hydrogens is 278 g/mol. The first-order valence-electron chi connectivity index (χ1n) is 7.33. The van der Waals surface area contributed by atoms with Crippen LogP contribution >= 0.6 is 0 Å². The van der Waals surface area contributed by atoms with Crippen molar-refractivity contribution in [3.05, 3.63) is 81.4 Å².